The SMILES string of the molecule is COc1cc(/C=C2\SC(=O)N(CC(=O)c3ccc([N+](=O)[O-])cc3)C2=O)ccc1OS(=O)(=O)c1ccc(C)c([N+](=O)[O-])c1. The molecule has 2 amide bonds. The van der Waals surface area contributed by atoms with Gasteiger partial charge in [-0.05, 0) is 60.7 Å². The lowest BCUT2D eigenvalue weighted by Crippen LogP contribution is -2.33. The van der Waals surface area contributed by atoms with Crippen LogP contribution in [0.4, 0.5) is 16.2 Å². The molecule has 3 aromatic rings. The Hall–Kier alpha value is -5.09. The number of nitro benzene ring substituents is 2. The first-order valence-electron chi connectivity index (χ1n) is 11.7. The van der Waals surface area contributed by atoms with E-state index in [4.69, 9.17) is 8.92 Å². The number of rotatable bonds is 10. The first kappa shape index (κ1) is 29.9. The van der Waals surface area contributed by atoms with E-state index in [2.05, 4.69) is 0 Å². The summed E-state index contributed by atoms with van der Waals surface area (Å²) < 4.78 is 36.0. The molecule has 1 heterocycles. The Labute approximate surface area is 242 Å². The highest BCUT2D eigenvalue weighted by Crippen LogP contribution is 2.36. The van der Waals surface area contributed by atoms with Crippen molar-refractivity contribution in [3.05, 3.63) is 102 Å². The maximum Gasteiger partial charge on any atom is 0.339 e. The van der Waals surface area contributed by atoms with Gasteiger partial charge >= 0.3 is 10.1 Å². The number of ketones is 1. The third kappa shape index (κ3) is 6.29. The molecule has 0 atom stereocenters. The standard InChI is InChI=1S/C26H19N3O11S2/c1-15-3-9-19(13-20(15)29(35)36)42(37,38)40-22-10-4-16(11-23(22)39-2)12-24-25(31)27(26(32)41-24)14-21(30)17-5-7-18(8-6-17)28(33)34/h3-13H,14H2,1-2H3/b24-12-. The zero-order valence-corrected chi connectivity index (χ0v) is 23.3. The van der Waals surface area contributed by atoms with E-state index in [1.807, 2.05) is 0 Å². The van der Waals surface area contributed by atoms with Gasteiger partial charge in [0.25, 0.3) is 22.5 Å². The lowest BCUT2D eigenvalue weighted by Gasteiger charge is -2.12. The largest absolute Gasteiger partial charge is 0.493 e. The number of non-ortho nitro benzene ring substituents is 1. The monoisotopic (exact) mass is 613 g/mol. The van der Waals surface area contributed by atoms with Gasteiger partial charge in [0.15, 0.2) is 17.3 Å². The summed E-state index contributed by atoms with van der Waals surface area (Å²) in [5, 5.41) is 21.3. The van der Waals surface area contributed by atoms with Gasteiger partial charge in [-0.25, -0.2) is 0 Å². The number of benzene rings is 3. The smallest absolute Gasteiger partial charge is 0.339 e. The van der Waals surface area contributed by atoms with Crippen LogP contribution in [0.2, 0.25) is 0 Å². The zero-order valence-electron chi connectivity index (χ0n) is 21.7. The Morgan fingerprint density at radius 1 is 0.976 bits per heavy atom. The van der Waals surface area contributed by atoms with Crippen molar-refractivity contribution in [1.29, 1.82) is 0 Å². The minimum absolute atomic E-state index is 0.0215. The number of thioether (sulfide) groups is 1. The van der Waals surface area contributed by atoms with Crippen molar-refractivity contribution in [3.8, 4) is 11.5 Å². The number of aryl methyl sites for hydroxylation is 1. The number of methoxy groups -OCH3 is 1. The molecule has 3 aromatic carbocycles. The molecule has 216 valence electrons. The van der Waals surface area contributed by atoms with E-state index in [1.54, 1.807) is 0 Å². The second-order valence-corrected chi connectivity index (χ2v) is 11.2. The first-order chi connectivity index (χ1) is 19.8. The average Bonchev–Trinajstić information content (AvgIpc) is 3.20. The Kier molecular flexibility index (Phi) is 8.39. The number of amides is 2. The first-order valence-corrected chi connectivity index (χ1v) is 13.9. The Morgan fingerprint density at radius 2 is 1.67 bits per heavy atom. The van der Waals surface area contributed by atoms with Gasteiger partial charge in [0.2, 0.25) is 0 Å². The van der Waals surface area contributed by atoms with Gasteiger partial charge in [0.1, 0.15) is 4.90 Å². The molecule has 0 unspecified atom stereocenters. The van der Waals surface area contributed by atoms with E-state index in [0.717, 1.165) is 23.1 Å². The van der Waals surface area contributed by atoms with Crippen molar-refractivity contribution in [1.82, 2.24) is 4.90 Å². The van der Waals surface area contributed by atoms with Crippen LogP contribution in [0.5, 0.6) is 11.5 Å². The Balaban J connectivity index is 1.52. The van der Waals surface area contributed by atoms with Crippen LogP contribution in [0.25, 0.3) is 6.08 Å². The lowest BCUT2D eigenvalue weighted by atomic mass is 10.1. The number of ether oxygens (including phenoxy) is 1. The number of hydrogen-bond donors (Lipinski definition) is 0. The van der Waals surface area contributed by atoms with Gasteiger partial charge in [-0.1, -0.05) is 12.1 Å². The molecule has 1 aliphatic rings. The molecule has 1 aliphatic heterocycles. The van der Waals surface area contributed by atoms with Crippen LogP contribution in [-0.2, 0) is 14.9 Å². The lowest BCUT2D eigenvalue weighted by molar-refractivity contribution is -0.385. The van der Waals surface area contributed by atoms with Crippen molar-refractivity contribution >= 4 is 56.3 Å². The number of hydrogen-bond acceptors (Lipinski definition) is 12. The van der Waals surface area contributed by atoms with Gasteiger partial charge in [0.05, 0.1) is 28.4 Å². The summed E-state index contributed by atoms with van der Waals surface area (Å²) in [7, 11) is -3.25. The summed E-state index contributed by atoms with van der Waals surface area (Å²) in [5.74, 6) is -1.64. The van der Waals surface area contributed by atoms with E-state index in [0.29, 0.717) is 17.3 Å². The van der Waals surface area contributed by atoms with Crippen molar-refractivity contribution in [2.45, 2.75) is 11.8 Å². The highest BCUT2D eigenvalue weighted by molar-refractivity contribution is 8.18. The molecule has 16 heteroatoms. The van der Waals surface area contributed by atoms with Gasteiger partial charge in [-0.15, -0.1) is 0 Å². The fourth-order valence-electron chi connectivity index (χ4n) is 3.74. The quantitative estimate of drug-likeness (QED) is 0.102. The van der Waals surface area contributed by atoms with E-state index in [9.17, 15) is 43.0 Å². The second kappa shape index (κ2) is 11.8. The molecule has 4 rings (SSSR count). The Bertz CT molecular complexity index is 1790. The van der Waals surface area contributed by atoms with E-state index in [1.165, 1.54) is 62.6 Å². The van der Waals surface area contributed by atoms with E-state index >= 15 is 0 Å². The molecule has 0 radical (unpaired) electrons. The molecular formula is C26H19N3O11S2. The fourth-order valence-corrected chi connectivity index (χ4v) is 5.54. The molecule has 1 fully saturated rings. The molecule has 0 saturated carbocycles. The van der Waals surface area contributed by atoms with Crippen LogP contribution in [0, 0.1) is 27.2 Å². The Morgan fingerprint density at radius 3 is 2.29 bits per heavy atom. The summed E-state index contributed by atoms with van der Waals surface area (Å²) >= 11 is 0.584. The number of nitro groups is 2. The van der Waals surface area contributed by atoms with Crippen LogP contribution in [0.1, 0.15) is 21.5 Å². The average molecular weight is 614 g/mol. The maximum absolute atomic E-state index is 12.9. The van der Waals surface area contributed by atoms with Crippen LogP contribution < -0.4 is 8.92 Å². The molecule has 0 N–H and O–H groups in total. The highest BCUT2D eigenvalue weighted by atomic mass is 32.2. The predicted octanol–water partition coefficient (Wildman–Crippen LogP) is 4.51. The van der Waals surface area contributed by atoms with Gasteiger partial charge in [-0.3, -0.25) is 39.5 Å². The van der Waals surface area contributed by atoms with Gasteiger partial charge < -0.3 is 8.92 Å². The molecule has 0 aromatic heterocycles. The minimum Gasteiger partial charge on any atom is -0.493 e. The topological polar surface area (TPSA) is 193 Å². The van der Waals surface area contributed by atoms with E-state index in [-0.39, 0.29) is 33.2 Å². The fraction of sp³-hybridized carbons (Fsp3) is 0.115. The number of carbonyl (C=O) groups is 3. The van der Waals surface area contributed by atoms with Crippen molar-refractivity contribution < 1.29 is 41.6 Å². The molecular weight excluding hydrogens is 594 g/mol. The van der Waals surface area contributed by atoms with E-state index < -0.39 is 54.0 Å². The van der Waals surface area contributed by atoms with Crippen molar-refractivity contribution in [3.63, 3.8) is 0 Å². The second-order valence-electron chi connectivity index (χ2n) is 8.65. The molecule has 14 nitrogen and oxygen atoms in total. The van der Waals surface area contributed by atoms with Crippen LogP contribution in [0.3, 0.4) is 0 Å². The number of carbonyl (C=O) groups excluding carboxylic acids is 3. The summed E-state index contributed by atoms with van der Waals surface area (Å²) in [6.45, 7) is 0.883. The van der Waals surface area contributed by atoms with Crippen LogP contribution >= 0.6 is 11.8 Å². The molecule has 0 bridgehead atoms. The normalized spacial score (nSPS) is 14.2. The number of nitrogens with zero attached hydrogens (tertiary/aromatic N) is 3. The molecule has 0 aliphatic carbocycles. The summed E-state index contributed by atoms with van der Waals surface area (Å²) in [5.41, 5.74) is 0.0597. The third-order valence-corrected chi connectivity index (χ3v) is 8.06. The van der Waals surface area contributed by atoms with Crippen LogP contribution in [-0.4, -0.2) is 53.7 Å². The number of imide groups is 1. The predicted molar refractivity (Wildman–Crippen MR) is 149 cm³/mol. The van der Waals surface area contributed by atoms with Crippen LogP contribution in [0.15, 0.2) is 70.5 Å². The minimum atomic E-state index is -4.49. The van der Waals surface area contributed by atoms with Gasteiger partial charge in [0, 0.05) is 29.3 Å². The summed E-state index contributed by atoms with van der Waals surface area (Å²) in [6, 6.07) is 12.0. The van der Waals surface area contributed by atoms with Crippen molar-refractivity contribution in [2.24, 2.45) is 0 Å². The molecule has 0 spiro atoms. The van der Waals surface area contributed by atoms with Gasteiger partial charge in [-0.2, -0.15) is 8.42 Å². The summed E-state index contributed by atoms with van der Waals surface area (Å²) in [6.07, 6.45) is 1.34. The number of Topliss-reactive ketones (excluding diaryl/α,β-unsaturated/α-hetero) is 1. The molecule has 1 saturated heterocycles. The molecule has 42 heavy (non-hydrogen) atoms. The van der Waals surface area contributed by atoms with Crippen molar-refractivity contribution in [2.75, 3.05) is 13.7 Å². The third-order valence-electron chi connectivity index (χ3n) is 5.93. The maximum atomic E-state index is 12.9. The highest BCUT2D eigenvalue weighted by Gasteiger charge is 2.36. The summed E-state index contributed by atoms with van der Waals surface area (Å²) in [4.78, 5) is 58.9. The zero-order chi connectivity index (χ0) is 30.8.